The molecule has 0 unspecified atom stereocenters. The number of methoxy groups -OCH3 is 2. The Hall–Kier alpha value is -2.42. The van der Waals surface area contributed by atoms with Gasteiger partial charge in [0.05, 0.1) is 32.1 Å². The Labute approximate surface area is 177 Å². The third-order valence-corrected chi connectivity index (χ3v) is 5.25. The van der Waals surface area contributed by atoms with E-state index < -0.39 is 5.97 Å². The minimum absolute atomic E-state index is 0.0512. The number of ketones is 1. The average Bonchev–Trinajstić information content (AvgIpc) is 2.75. The summed E-state index contributed by atoms with van der Waals surface area (Å²) in [6.45, 7) is 0.449. The van der Waals surface area contributed by atoms with E-state index in [0.717, 1.165) is 4.47 Å². The molecule has 0 aromatic heterocycles. The number of Topliss-reactive ketones (excluding diaryl/α,β-unsaturated/α-hetero) is 1. The van der Waals surface area contributed by atoms with Gasteiger partial charge in [-0.3, -0.25) is 19.2 Å². The summed E-state index contributed by atoms with van der Waals surface area (Å²) in [5, 5.41) is 0. The number of benzene rings is 1. The molecule has 0 saturated carbocycles. The molecule has 0 atom stereocenters. The van der Waals surface area contributed by atoms with Gasteiger partial charge >= 0.3 is 11.9 Å². The van der Waals surface area contributed by atoms with Crippen LogP contribution in [0.15, 0.2) is 22.7 Å². The molecule has 2 rings (SSSR count). The molecule has 0 bridgehead atoms. The van der Waals surface area contributed by atoms with Crippen LogP contribution in [0.4, 0.5) is 0 Å². The maximum absolute atomic E-state index is 12.4. The van der Waals surface area contributed by atoms with Crippen molar-refractivity contribution in [1.29, 1.82) is 0 Å². The predicted molar refractivity (Wildman–Crippen MR) is 107 cm³/mol. The lowest BCUT2D eigenvalue weighted by Gasteiger charge is -2.30. The van der Waals surface area contributed by atoms with E-state index in [1.54, 1.807) is 23.1 Å². The number of piperidine rings is 1. The molecule has 0 radical (unpaired) electrons. The first-order valence-electron chi connectivity index (χ1n) is 9.23. The van der Waals surface area contributed by atoms with E-state index in [2.05, 4.69) is 15.9 Å². The summed E-state index contributed by atoms with van der Waals surface area (Å²) in [5.41, 5.74) is 0.374. The largest absolute Gasteiger partial charge is 0.496 e. The Kier molecular flexibility index (Phi) is 8.63. The number of rotatable bonds is 8. The minimum Gasteiger partial charge on any atom is -0.496 e. The van der Waals surface area contributed by atoms with E-state index in [9.17, 15) is 19.2 Å². The van der Waals surface area contributed by atoms with Crippen molar-refractivity contribution in [3.8, 4) is 5.75 Å². The molecule has 1 heterocycles. The van der Waals surface area contributed by atoms with Gasteiger partial charge in [-0.05, 0) is 31.0 Å². The van der Waals surface area contributed by atoms with E-state index in [1.807, 2.05) is 0 Å². The Morgan fingerprint density at radius 2 is 1.79 bits per heavy atom. The predicted octanol–water partition coefficient (Wildman–Crippen LogP) is 2.38. The molecule has 8 nitrogen and oxygen atoms in total. The zero-order valence-corrected chi connectivity index (χ0v) is 18.0. The molecule has 9 heteroatoms. The highest BCUT2D eigenvalue weighted by atomic mass is 79.9. The second kappa shape index (κ2) is 10.9. The molecule has 158 valence electrons. The summed E-state index contributed by atoms with van der Waals surface area (Å²) in [5.74, 6) is -1.23. The van der Waals surface area contributed by atoms with Gasteiger partial charge in [0.15, 0.2) is 12.4 Å². The molecule has 1 saturated heterocycles. The molecule has 0 spiro atoms. The lowest BCUT2D eigenvalue weighted by molar-refractivity contribution is -0.154. The zero-order valence-electron chi connectivity index (χ0n) is 16.4. The minimum atomic E-state index is -0.620. The van der Waals surface area contributed by atoms with E-state index in [1.165, 1.54) is 14.2 Å². The van der Waals surface area contributed by atoms with E-state index in [0.29, 0.717) is 37.2 Å². The van der Waals surface area contributed by atoms with Gasteiger partial charge in [-0.1, -0.05) is 15.9 Å². The Morgan fingerprint density at radius 3 is 2.41 bits per heavy atom. The van der Waals surface area contributed by atoms with Gasteiger partial charge in [0.1, 0.15) is 5.75 Å². The summed E-state index contributed by atoms with van der Waals surface area (Å²) >= 11 is 3.30. The third kappa shape index (κ3) is 6.56. The van der Waals surface area contributed by atoms with Crippen LogP contribution in [0.5, 0.6) is 5.75 Å². The quantitative estimate of drug-likeness (QED) is 0.425. The maximum Gasteiger partial charge on any atom is 0.308 e. The Bertz CT molecular complexity index is 772. The molecule has 1 fully saturated rings. The number of hydrogen-bond acceptors (Lipinski definition) is 7. The van der Waals surface area contributed by atoms with Crippen LogP contribution in [0.2, 0.25) is 0 Å². The van der Waals surface area contributed by atoms with Crippen molar-refractivity contribution in [2.24, 2.45) is 5.92 Å². The highest BCUT2D eigenvalue weighted by Crippen LogP contribution is 2.24. The average molecular weight is 470 g/mol. The van der Waals surface area contributed by atoms with Gasteiger partial charge < -0.3 is 19.1 Å². The molecular formula is C20H24BrNO7. The second-order valence-corrected chi connectivity index (χ2v) is 7.52. The van der Waals surface area contributed by atoms with Crippen molar-refractivity contribution in [3.05, 3.63) is 28.2 Å². The van der Waals surface area contributed by atoms with Crippen LogP contribution in [0.25, 0.3) is 0 Å². The number of ether oxygens (including phenoxy) is 3. The summed E-state index contributed by atoms with van der Waals surface area (Å²) < 4.78 is 15.6. The lowest BCUT2D eigenvalue weighted by Crippen LogP contribution is -2.42. The summed E-state index contributed by atoms with van der Waals surface area (Å²) in [6, 6.07) is 5.05. The molecule has 1 aliphatic heterocycles. The van der Waals surface area contributed by atoms with Crippen LogP contribution in [0.1, 0.15) is 36.0 Å². The van der Waals surface area contributed by atoms with Gasteiger partial charge in [0.25, 0.3) is 5.91 Å². The van der Waals surface area contributed by atoms with Crippen molar-refractivity contribution in [2.45, 2.75) is 25.7 Å². The van der Waals surface area contributed by atoms with Crippen LogP contribution >= 0.6 is 15.9 Å². The molecule has 1 amide bonds. The fourth-order valence-electron chi connectivity index (χ4n) is 3.09. The molecule has 1 aromatic carbocycles. The number of halogens is 1. The maximum atomic E-state index is 12.4. The highest BCUT2D eigenvalue weighted by molar-refractivity contribution is 9.10. The molecule has 1 aliphatic rings. The van der Waals surface area contributed by atoms with Crippen LogP contribution in [0, 0.1) is 5.92 Å². The van der Waals surface area contributed by atoms with Crippen LogP contribution < -0.4 is 4.74 Å². The van der Waals surface area contributed by atoms with Gasteiger partial charge in [0, 0.05) is 24.0 Å². The number of amides is 1. The Balaban J connectivity index is 1.75. The van der Waals surface area contributed by atoms with E-state index in [4.69, 9.17) is 14.2 Å². The molecule has 1 aromatic rings. The first-order chi connectivity index (χ1) is 13.8. The fraction of sp³-hybridized carbons (Fsp3) is 0.500. The van der Waals surface area contributed by atoms with Gasteiger partial charge in [0.2, 0.25) is 0 Å². The summed E-state index contributed by atoms with van der Waals surface area (Å²) in [4.78, 5) is 49.5. The highest BCUT2D eigenvalue weighted by Gasteiger charge is 2.28. The van der Waals surface area contributed by atoms with E-state index in [-0.39, 0.29) is 43.0 Å². The Morgan fingerprint density at radius 1 is 1.10 bits per heavy atom. The summed E-state index contributed by atoms with van der Waals surface area (Å²) in [6.07, 6.45) is 0.862. The number of hydrogen-bond donors (Lipinski definition) is 0. The number of carbonyl (C=O) groups excluding carboxylic acids is 4. The first-order valence-corrected chi connectivity index (χ1v) is 10.0. The van der Waals surface area contributed by atoms with Crippen molar-refractivity contribution in [3.63, 3.8) is 0 Å². The fourth-order valence-corrected chi connectivity index (χ4v) is 3.45. The topological polar surface area (TPSA) is 99.2 Å². The van der Waals surface area contributed by atoms with Crippen LogP contribution in [-0.2, 0) is 23.9 Å². The monoisotopic (exact) mass is 469 g/mol. The zero-order chi connectivity index (χ0) is 21.4. The molecule has 0 aliphatic carbocycles. The normalized spacial score (nSPS) is 14.2. The number of esters is 2. The summed E-state index contributed by atoms with van der Waals surface area (Å²) in [7, 11) is 2.81. The second-order valence-electron chi connectivity index (χ2n) is 6.61. The first kappa shape index (κ1) is 22.9. The van der Waals surface area contributed by atoms with Crippen molar-refractivity contribution in [2.75, 3.05) is 33.9 Å². The van der Waals surface area contributed by atoms with Gasteiger partial charge in [-0.25, -0.2) is 0 Å². The van der Waals surface area contributed by atoms with Crippen molar-refractivity contribution >= 4 is 39.6 Å². The van der Waals surface area contributed by atoms with Crippen molar-refractivity contribution in [1.82, 2.24) is 4.90 Å². The standard InChI is InChI=1S/C20H24BrNO7/c1-27-17-5-3-14(21)11-15(17)16(23)4-6-19(25)29-12-18(24)22-9-7-13(8-10-22)20(26)28-2/h3,5,11,13H,4,6-10,12H2,1-2H3. The van der Waals surface area contributed by atoms with Crippen LogP contribution in [0.3, 0.4) is 0 Å². The van der Waals surface area contributed by atoms with Gasteiger partial charge in [-0.2, -0.15) is 0 Å². The number of carbonyl (C=O) groups is 4. The molecule has 0 N–H and O–H groups in total. The molecular weight excluding hydrogens is 446 g/mol. The number of likely N-dealkylation sites (tertiary alicyclic amines) is 1. The van der Waals surface area contributed by atoms with Gasteiger partial charge in [-0.15, -0.1) is 0 Å². The smallest absolute Gasteiger partial charge is 0.308 e. The number of nitrogens with zero attached hydrogens (tertiary/aromatic N) is 1. The third-order valence-electron chi connectivity index (χ3n) is 4.76. The lowest BCUT2D eigenvalue weighted by atomic mass is 9.97. The van der Waals surface area contributed by atoms with Crippen LogP contribution in [-0.4, -0.2) is 62.4 Å². The van der Waals surface area contributed by atoms with Crippen molar-refractivity contribution < 1.29 is 33.4 Å². The SMILES string of the molecule is COC(=O)C1CCN(C(=O)COC(=O)CCC(=O)c2cc(Br)ccc2OC)CC1. The van der Waals surface area contributed by atoms with E-state index >= 15 is 0 Å². The molecule has 29 heavy (non-hydrogen) atoms.